The predicted octanol–water partition coefficient (Wildman–Crippen LogP) is 1.73. The van der Waals surface area contributed by atoms with Gasteiger partial charge in [0.2, 0.25) is 5.91 Å². The van der Waals surface area contributed by atoms with Crippen molar-refractivity contribution in [3.8, 4) is 0 Å². The molecule has 0 aliphatic rings. The van der Waals surface area contributed by atoms with Gasteiger partial charge in [-0.15, -0.1) is 11.3 Å². The average molecular weight is 383 g/mol. The molecular weight excluding hydrogens is 366 g/mol. The van der Waals surface area contributed by atoms with Crippen molar-refractivity contribution in [2.45, 2.75) is 19.4 Å². The van der Waals surface area contributed by atoms with Gasteiger partial charge < -0.3 is 10.3 Å². The summed E-state index contributed by atoms with van der Waals surface area (Å²) in [6.07, 6.45) is 5.56. The molecule has 0 aliphatic heterocycles. The number of aromatic amines is 1. The molecule has 3 rings (SSSR count). The van der Waals surface area contributed by atoms with E-state index in [1.165, 1.54) is 23.6 Å². The summed E-state index contributed by atoms with van der Waals surface area (Å²) in [6, 6.07) is 6.70. The Morgan fingerprint density at radius 3 is 2.78 bits per heavy atom. The Labute approximate surface area is 158 Å². The van der Waals surface area contributed by atoms with Gasteiger partial charge in [0.05, 0.1) is 5.69 Å². The maximum Gasteiger partial charge on any atom is 0.263 e. The van der Waals surface area contributed by atoms with Crippen molar-refractivity contribution >= 4 is 28.3 Å². The molecule has 0 unspecified atom stereocenters. The van der Waals surface area contributed by atoms with Gasteiger partial charge >= 0.3 is 0 Å². The zero-order valence-electron chi connectivity index (χ0n) is 14.3. The third-order valence-corrected chi connectivity index (χ3v) is 4.49. The highest BCUT2D eigenvalue weighted by atomic mass is 32.1. The van der Waals surface area contributed by atoms with Gasteiger partial charge in [-0.25, -0.2) is 4.98 Å². The van der Waals surface area contributed by atoms with Crippen molar-refractivity contribution in [1.29, 1.82) is 0 Å². The van der Waals surface area contributed by atoms with Gasteiger partial charge in [0.1, 0.15) is 5.56 Å². The van der Waals surface area contributed by atoms with Crippen molar-refractivity contribution in [2.24, 2.45) is 0 Å². The van der Waals surface area contributed by atoms with Crippen LogP contribution in [0, 0.1) is 0 Å². The van der Waals surface area contributed by atoms with Gasteiger partial charge in [0, 0.05) is 36.9 Å². The molecule has 0 aromatic carbocycles. The fraction of sp³-hybridized carbons (Fsp3) is 0.167. The lowest BCUT2D eigenvalue weighted by atomic mass is 10.2. The van der Waals surface area contributed by atoms with E-state index < -0.39 is 11.5 Å². The van der Waals surface area contributed by atoms with Crippen LogP contribution in [0.3, 0.4) is 0 Å². The molecule has 9 heteroatoms. The Bertz CT molecular complexity index is 984. The van der Waals surface area contributed by atoms with Crippen molar-refractivity contribution in [2.75, 3.05) is 5.32 Å². The molecule has 0 saturated heterocycles. The maximum absolute atomic E-state index is 12.1. The van der Waals surface area contributed by atoms with E-state index in [0.29, 0.717) is 30.2 Å². The van der Waals surface area contributed by atoms with E-state index in [1.807, 2.05) is 12.1 Å². The van der Waals surface area contributed by atoms with Crippen LogP contribution in [0.25, 0.3) is 0 Å². The third-order valence-electron chi connectivity index (χ3n) is 3.68. The Morgan fingerprint density at radius 2 is 2.00 bits per heavy atom. The average Bonchev–Trinajstić information content (AvgIpc) is 3.13. The third kappa shape index (κ3) is 5.32. The van der Waals surface area contributed by atoms with E-state index in [4.69, 9.17) is 0 Å². The standard InChI is InChI=1S/C18H17N5O3S/c24-15(21-10-12-5-8-19-9-6-12)4-3-13-11-27-18(22-13)23-17(26)14-2-1-7-20-16(14)25/h1-2,5-9,11H,3-4,10H2,(H,20,25)(H,21,24)(H,22,23,26). The van der Waals surface area contributed by atoms with Gasteiger partial charge in [0.15, 0.2) is 5.13 Å². The van der Waals surface area contributed by atoms with Gasteiger partial charge in [-0.2, -0.15) is 0 Å². The number of thiazole rings is 1. The van der Waals surface area contributed by atoms with Gasteiger partial charge in [-0.3, -0.25) is 24.7 Å². The lowest BCUT2D eigenvalue weighted by molar-refractivity contribution is -0.121. The minimum Gasteiger partial charge on any atom is -0.352 e. The highest BCUT2D eigenvalue weighted by Gasteiger charge is 2.12. The van der Waals surface area contributed by atoms with E-state index in [2.05, 4.69) is 25.6 Å². The first-order valence-corrected chi connectivity index (χ1v) is 9.09. The SMILES string of the molecule is O=C(CCc1csc(NC(=O)c2ccc[nH]c2=O)n1)NCc1ccncc1. The molecule has 0 spiro atoms. The molecule has 0 atom stereocenters. The number of hydrogen-bond acceptors (Lipinski definition) is 6. The molecule has 0 bridgehead atoms. The van der Waals surface area contributed by atoms with Crippen molar-refractivity contribution in [1.82, 2.24) is 20.3 Å². The number of hydrogen-bond donors (Lipinski definition) is 3. The molecule has 3 aromatic rings. The van der Waals surface area contributed by atoms with Crippen LogP contribution in [0.4, 0.5) is 5.13 Å². The second-order valence-corrected chi connectivity index (χ2v) is 6.50. The first-order valence-electron chi connectivity index (χ1n) is 8.21. The summed E-state index contributed by atoms with van der Waals surface area (Å²) in [5.41, 5.74) is 1.24. The summed E-state index contributed by atoms with van der Waals surface area (Å²) in [4.78, 5) is 46.3. The topological polar surface area (TPSA) is 117 Å². The molecule has 0 fully saturated rings. The quantitative estimate of drug-likeness (QED) is 0.574. The van der Waals surface area contributed by atoms with Gasteiger partial charge in [-0.1, -0.05) is 0 Å². The fourth-order valence-electron chi connectivity index (χ4n) is 2.28. The monoisotopic (exact) mass is 383 g/mol. The Balaban J connectivity index is 1.48. The number of nitrogens with one attached hydrogen (secondary N) is 3. The number of H-pyrrole nitrogens is 1. The van der Waals surface area contributed by atoms with E-state index in [-0.39, 0.29) is 11.5 Å². The number of carbonyl (C=O) groups is 2. The molecule has 2 amide bonds. The van der Waals surface area contributed by atoms with Crippen LogP contribution in [0.15, 0.2) is 53.0 Å². The lowest BCUT2D eigenvalue weighted by Crippen LogP contribution is -2.23. The van der Waals surface area contributed by atoms with E-state index in [1.54, 1.807) is 23.8 Å². The van der Waals surface area contributed by atoms with Crippen molar-refractivity contribution < 1.29 is 9.59 Å². The number of amides is 2. The largest absolute Gasteiger partial charge is 0.352 e. The minimum absolute atomic E-state index is 0.0183. The molecule has 27 heavy (non-hydrogen) atoms. The van der Waals surface area contributed by atoms with E-state index >= 15 is 0 Å². The first-order chi connectivity index (χ1) is 13.1. The molecular formula is C18H17N5O3S. The highest BCUT2D eigenvalue weighted by molar-refractivity contribution is 7.14. The molecule has 0 radical (unpaired) electrons. The highest BCUT2D eigenvalue weighted by Crippen LogP contribution is 2.17. The summed E-state index contributed by atoms with van der Waals surface area (Å²) < 4.78 is 0. The fourth-order valence-corrected chi connectivity index (χ4v) is 3.02. The number of aryl methyl sites for hydroxylation is 1. The lowest BCUT2D eigenvalue weighted by Gasteiger charge is -2.04. The molecule has 3 aromatic heterocycles. The van der Waals surface area contributed by atoms with E-state index in [9.17, 15) is 14.4 Å². The Morgan fingerprint density at radius 1 is 1.19 bits per heavy atom. The normalized spacial score (nSPS) is 10.4. The molecule has 0 saturated carbocycles. The second kappa shape index (κ2) is 8.86. The molecule has 0 aliphatic carbocycles. The summed E-state index contributed by atoms with van der Waals surface area (Å²) in [5, 5.41) is 7.60. The second-order valence-electron chi connectivity index (χ2n) is 5.64. The van der Waals surface area contributed by atoms with Crippen LogP contribution in [0.1, 0.15) is 28.0 Å². The van der Waals surface area contributed by atoms with Crippen LogP contribution in [0.5, 0.6) is 0 Å². The first kappa shape index (κ1) is 18.5. The number of anilines is 1. The smallest absolute Gasteiger partial charge is 0.263 e. The molecule has 138 valence electrons. The van der Waals surface area contributed by atoms with Crippen molar-refractivity contribution in [3.05, 3.63) is 75.4 Å². The Hall–Kier alpha value is -3.33. The number of nitrogens with zero attached hydrogens (tertiary/aromatic N) is 2. The van der Waals surface area contributed by atoms with Gasteiger partial charge in [0.25, 0.3) is 11.5 Å². The molecule has 3 heterocycles. The summed E-state index contributed by atoms with van der Waals surface area (Å²) in [5.74, 6) is -0.603. The van der Waals surface area contributed by atoms with Crippen LogP contribution in [0.2, 0.25) is 0 Å². The van der Waals surface area contributed by atoms with Crippen LogP contribution in [-0.4, -0.2) is 26.8 Å². The summed E-state index contributed by atoms with van der Waals surface area (Å²) in [6.45, 7) is 0.450. The zero-order valence-corrected chi connectivity index (χ0v) is 15.1. The summed E-state index contributed by atoms with van der Waals surface area (Å²) in [7, 11) is 0. The zero-order chi connectivity index (χ0) is 19.1. The Kier molecular flexibility index (Phi) is 6.06. The number of rotatable bonds is 7. The van der Waals surface area contributed by atoms with Crippen molar-refractivity contribution in [3.63, 3.8) is 0 Å². The maximum atomic E-state index is 12.1. The minimum atomic E-state index is -0.521. The van der Waals surface area contributed by atoms with Gasteiger partial charge in [-0.05, 0) is 36.2 Å². The van der Waals surface area contributed by atoms with Crippen LogP contribution in [-0.2, 0) is 17.8 Å². The summed E-state index contributed by atoms with van der Waals surface area (Å²) >= 11 is 1.25. The number of aromatic nitrogens is 3. The number of pyridine rings is 2. The number of carbonyl (C=O) groups excluding carboxylic acids is 2. The van der Waals surface area contributed by atoms with Crippen LogP contribution >= 0.6 is 11.3 Å². The molecule has 8 nitrogen and oxygen atoms in total. The van der Waals surface area contributed by atoms with Crippen LogP contribution < -0.4 is 16.2 Å². The van der Waals surface area contributed by atoms with E-state index in [0.717, 1.165) is 5.56 Å². The predicted molar refractivity (Wildman–Crippen MR) is 102 cm³/mol. The molecule has 3 N–H and O–H groups in total.